The second-order valence-corrected chi connectivity index (χ2v) is 1.91. The molecule has 1 unspecified atom stereocenters. The van der Waals surface area contributed by atoms with Gasteiger partial charge in [0, 0.05) is 6.42 Å². The Kier molecular flexibility index (Phi) is 1.40. The minimum atomic E-state index is -0.942. The molecule has 1 rings (SSSR count). The lowest BCUT2D eigenvalue weighted by Crippen LogP contribution is -2.33. The minimum Gasteiger partial charge on any atom is -0.477 e. The molecule has 9 heavy (non-hydrogen) atoms. The molecule has 1 aliphatic rings. The van der Waals surface area contributed by atoms with E-state index in [9.17, 15) is 4.79 Å². The Bertz CT molecular complexity index is 164. The first-order valence-corrected chi connectivity index (χ1v) is 2.65. The molecular formula is C5H8N2O2. The average Bonchev–Trinajstić information content (AvgIpc) is 2.14. The van der Waals surface area contributed by atoms with Crippen LogP contribution in [0.15, 0.2) is 11.8 Å². The van der Waals surface area contributed by atoms with Gasteiger partial charge in [0.05, 0.1) is 6.17 Å². The van der Waals surface area contributed by atoms with Crippen molar-refractivity contribution in [3.05, 3.63) is 11.8 Å². The summed E-state index contributed by atoms with van der Waals surface area (Å²) >= 11 is 0. The summed E-state index contributed by atoms with van der Waals surface area (Å²) in [5.74, 6) is -0.942. The summed E-state index contributed by atoms with van der Waals surface area (Å²) in [6, 6.07) is 0. The molecule has 0 amide bonds. The fraction of sp³-hybridized carbons (Fsp3) is 0.400. The van der Waals surface area contributed by atoms with Crippen molar-refractivity contribution in [2.45, 2.75) is 12.6 Å². The standard InChI is InChI=1S/C5H8N2O2/c6-4-2-1-3(7-4)5(8)9/h1,4,7H,2,6H2,(H,8,9). The Balaban J connectivity index is 2.55. The summed E-state index contributed by atoms with van der Waals surface area (Å²) in [5, 5.41) is 10.9. The highest BCUT2D eigenvalue weighted by Crippen LogP contribution is 2.03. The predicted octanol–water partition coefficient (Wildman–Crippen LogP) is -0.767. The molecular weight excluding hydrogens is 120 g/mol. The van der Waals surface area contributed by atoms with Crippen molar-refractivity contribution in [3.63, 3.8) is 0 Å². The molecule has 4 heteroatoms. The first-order valence-electron chi connectivity index (χ1n) is 2.65. The van der Waals surface area contributed by atoms with Gasteiger partial charge in [-0.2, -0.15) is 0 Å². The van der Waals surface area contributed by atoms with E-state index in [1.165, 1.54) is 0 Å². The van der Waals surface area contributed by atoms with Crippen molar-refractivity contribution in [1.82, 2.24) is 5.32 Å². The van der Waals surface area contributed by atoms with Crippen molar-refractivity contribution in [3.8, 4) is 0 Å². The van der Waals surface area contributed by atoms with E-state index in [0.29, 0.717) is 6.42 Å². The fourth-order valence-corrected chi connectivity index (χ4v) is 0.711. The van der Waals surface area contributed by atoms with Gasteiger partial charge >= 0.3 is 5.97 Å². The second-order valence-electron chi connectivity index (χ2n) is 1.91. The molecule has 0 aromatic carbocycles. The van der Waals surface area contributed by atoms with Crippen LogP contribution < -0.4 is 11.1 Å². The number of nitrogens with one attached hydrogen (secondary N) is 1. The van der Waals surface area contributed by atoms with Crippen molar-refractivity contribution in [1.29, 1.82) is 0 Å². The van der Waals surface area contributed by atoms with Crippen LogP contribution >= 0.6 is 0 Å². The quantitative estimate of drug-likeness (QED) is 0.433. The van der Waals surface area contributed by atoms with Crippen molar-refractivity contribution in [2.75, 3.05) is 0 Å². The molecule has 0 saturated carbocycles. The molecule has 0 bridgehead atoms. The van der Waals surface area contributed by atoms with Crippen LogP contribution in [-0.2, 0) is 4.79 Å². The van der Waals surface area contributed by atoms with E-state index >= 15 is 0 Å². The van der Waals surface area contributed by atoms with Crippen LogP contribution in [0.1, 0.15) is 6.42 Å². The number of carboxylic acid groups (broad SMARTS) is 1. The lowest BCUT2D eigenvalue weighted by atomic mass is 10.4. The van der Waals surface area contributed by atoms with Gasteiger partial charge < -0.3 is 16.2 Å². The normalized spacial score (nSPS) is 25.0. The second kappa shape index (κ2) is 2.06. The van der Waals surface area contributed by atoms with Gasteiger partial charge in [-0.15, -0.1) is 0 Å². The van der Waals surface area contributed by atoms with Crippen LogP contribution in [0.25, 0.3) is 0 Å². The maximum Gasteiger partial charge on any atom is 0.351 e. The van der Waals surface area contributed by atoms with E-state index < -0.39 is 5.97 Å². The molecule has 0 aliphatic carbocycles. The zero-order chi connectivity index (χ0) is 6.85. The minimum absolute atomic E-state index is 0.211. The number of carboxylic acids is 1. The number of rotatable bonds is 1. The molecule has 50 valence electrons. The maximum atomic E-state index is 10.2. The van der Waals surface area contributed by atoms with Gasteiger partial charge in [-0.05, 0) is 0 Å². The summed E-state index contributed by atoms with van der Waals surface area (Å²) in [7, 11) is 0. The number of hydrogen-bond donors (Lipinski definition) is 3. The molecule has 0 spiro atoms. The van der Waals surface area contributed by atoms with Crippen LogP contribution in [-0.4, -0.2) is 17.2 Å². The summed E-state index contributed by atoms with van der Waals surface area (Å²) in [4.78, 5) is 10.2. The lowest BCUT2D eigenvalue weighted by molar-refractivity contribution is -0.133. The molecule has 0 radical (unpaired) electrons. The van der Waals surface area contributed by atoms with E-state index in [2.05, 4.69) is 5.32 Å². The molecule has 1 heterocycles. The Labute approximate surface area is 52.3 Å². The van der Waals surface area contributed by atoms with Gasteiger partial charge in [-0.25, -0.2) is 4.79 Å². The highest BCUT2D eigenvalue weighted by atomic mass is 16.4. The smallest absolute Gasteiger partial charge is 0.351 e. The molecule has 0 saturated heterocycles. The van der Waals surface area contributed by atoms with Crippen molar-refractivity contribution < 1.29 is 9.90 Å². The predicted molar refractivity (Wildman–Crippen MR) is 31.4 cm³/mol. The Morgan fingerprint density at radius 2 is 2.67 bits per heavy atom. The fourth-order valence-electron chi connectivity index (χ4n) is 0.711. The van der Waals surface area contributed by atoms with Gasteiger partial charge in [0.2, 0.25) is 0 Å². The third kappa shape index (κ3) is 1.20. The van der Waals surface area contributed by atoms with Crippen LogP contribution in [0.2, 0.25) is 0 Å². The van der Waals surface area contributed by atoms with E-state index in [0.717, 1.165) is 0 Å². The van der Waals surface area contributed by atoms with Crippen molar-refractivity contribution >= 4 is 5.97 Å². The van der Waals surface area contributed by atoms with E-state index in [1.54, 1.807) is 6.08 Å². The molecule has 4 nitrogen and oxygen atoms in total. The van der Waals surface area contributed by atoms with Crippen LogP contribution in [0, 0.1) is 0 Å². The van der Waals surface area contributed by atoms with E-state index in [4.69, 9.17) is 10.8 Å². The monoisotopic (exact) mass is 128 g/mol. The molecule has 0 aromatic heterocycles. The van der Waals surface area contributed by atoms with Gasteiger partial charge in [0.15, 0.2) is 0 Å². The number of hydrogen-bond acceptors (Lipinski definition) is 3. The third-order valence-electron chi connectivity index (χ3n) is 1.15. The number of carbonyl (C=O) groups is 1. The third-order valence-corrected chi connectivity index (χ3v) is 1.15. The largest absolute Gasteiger partial charge is 0.477 e. The number of nitrogens with two attached hydrogens (primary N) is 1. The van der Waals surface area contributed by atoms with Crippen LogP contribution in [0.5, 0.6) is 0 Å². The summed E-state index contributed by atoms with van der Waals surface area (Å²) < 4.78 is 0. The maximum absolute atomic E-state index is 10.2. The van der Waals surface area contributed by atoms with Crippen LogP contribution in [0.4, 0.5) is 0 Å². The Morgan fingerprint density at radius 3 is 2.89 bits per heavy atom. The Morgan fingerprint density at radius 1 is 2.00 bits per heavy atom. The van der Waals surface area contributed by atoms with Gasteiger partial charge in [-0.3, -0.25) is 0 Å². The molecule has 0 aromatic rings. The molecule has 0 fully saturated rings. The summed E-state index contributed by atoms with van der Waals surface area (Å²) in [6.07, 6.45) is 1.96. The topological polar surface area (TPSA) is 75.4 Å². The zero-order valence-electron chi connectivity index (χ0n) is 4.79. The number of aliphatic carboxylic acids is 1. The van der Waals surface area contributed by atoms with Gasteiger partial charge in [0.25, 0.3) is 0 Å². The molecule has 1 atom stereocenters. The van der Waals surface area contributed by atoms with Gasteiger partial charge in [-0.1, -0.05) is 6.08 Å². The van der Waals surface area contributed by atoms with Crippen molar-refractivity contribution in [2.24, 2.45) is 5.73 Å². The first-order chi connectivity index (χ1) is 4.20. The summed E-state index contributed by atoms with van der Waals surface area (Å²) in [6.45, 7) is 0. The van der Waals surface area contributed by atoms with E-state index in [1.807, 2.05) is 0 Å². The van der Waals surface area contributed by atoms with E-state index in [-0.39, 0.29) is 11.9 Å². The van der Waals surface area contributed by atoms with Crippen LogP contribution in [0.3, 0.4) is 0 Å². The molecule has 1 aliphatic heterocycles. The Hall–Kier alpha value is -1.03. The first kappa shape index (κ1) is 6.10. The summed E-state index contributed by atoms with van der Waals surface area (Å²) in [5.41, 5.74) is 5.55. The lowest BCUT2D eigenvalue weighted by Gasteiger charge is -2.02. The SMILES string of the molecule is NC1CC=C(C(=O)O)N1. The average molecular weight is 128 g/mol. The molecule has 4 N–H and O–H groups in total. The van der Waals surface area contributed by atoms with Gasteiger partial charge in [0.1, 0.15) is 5.70 Å². The highest BCUT2D eigenvalue weighted by molar-refractivity contribution is 5.86. The highest BCUT2D eigenvalue weighted by Gasteiger charge is 2.15. The zero-order valence-corrected chi connectivity index (χ0v) is 4.79.